The van der Waals surface area contributed by atoms with Gasteiger partial charge in [-0.15, -0.1) is 11.8 Å². The van der Waals surface area contributed by atoms with Gasteiger partial charge in [0.1, 0.15) is 0 Å². The van der Waals surface area contributed by atoms with E-state index in [1.54, 1.807) is 11.8 Å². The first-order valence-electron chi connectivity index (χ1n) is 5.38. The predicted molar refractivity (Wildman–Crippen MR) is 67.9 cm³/mol. The van der Waals surface area contributed by atoms with Crippen LogP contribution in [-0.2, 0) is 6.42 Å². The Bertz CT molecular complexity index is 286. The van der Waals surface area contributed by atoms with E-state index in [1.165, 1.54) is 10.5 Å². The summed E-state index contributed by atoms with van der Waals surface area (Å²) in [5, 5.41) is 20.8. The van der Waals surface area contributed by atoms with Gasteiger partial charge in [0, 0.05) is 4.90 Å². The van der Waals surface area contributed by atoms with Crippen LogP contribution in [0.1, 0.15) is 5.56 Å². The zero-order valence-corrected chi connectivity index (χ0v) is 10.3. The lowest BCUT2D eigenvalue weighted by molar-refractivity contribution is 0.171. The van der Waals surface area contributed by atoms with Crippen LogP contribution < -0.4 is 5.32 Å². The van der Waals surface area contributed by atoms with Gasteiger partial charge in [0.15, 0.2) is 0 Å². The topological polar surface area (TPSA) is 52.5 Å². The second-order valence-corrected chi connectivity index (χ2v) is 4.49. The number of hydrogen-bond acceptors (Lipinski definition) is 4. The molecule has 0 atom stereocenters. The van der Waals surface area contributed by atoms with E-state index in [1.807, 2.05) is 0 Å². The van der Waals surface area contributed by atoms with Crippen molar-refractivity contribution in [2.75, 3.05) is 26.0 Å². The molecule has 0 fully saturated rings. The van der Waals surface area contributed by atoms with Crippen LogP contribution in [0.15, 0.2) is 29.2 Å². The molecule has 0 aliphatic heterocycles. The fourth-order valence-corrected chi connectivity index (χ4v) is 1.81. The Morgan fingerprint density at radius 1 is 1.19 bits per heavy atom. The van der Waals surface area contributed by atoms with Crippen LogP contribution in [0.25, 0.3) is 0 Å². The summed E-state index contributed by atoms with van der Waals surface area (Å²) < 4.78 is 0. The van der Waals surface area contributed by atoms with Crippen LogP contribution in [0.3, 0.4) is 0 Å². The van der Waals surface area contributed by atoms with Crippen molar-refractivity contribution in [2.24, 2.45) is 0 Å². The summed E-state index contributed by atoms with van der Waals surface area (Å²) >= 11 is 1.73. The van der Waals surface area contributed by atoms with Gasteiger partial charge in [0.05, 0.1) is 19.3 Å². The molecule has 0 radical (unpaired) electrons. The number of thioether (sulfide) groups is 1. The first-order valence-corrected chi connectivity index (χ1v) is 6.60. The van der Waals surface area contributed by atoms with Crippen molar-refractivity contribution in [3.63, 3.8) is 0 Å². The molecule has 0 heterocycles. The monoisotopic (exact) mass is 241 g/mol. The summed E-state index contributed by atoms with van der Waals surface area (Å²) in [6, 6.07) is 8.23. The molecule has 3 N–H and O–H groups in total. The van der Waals surface area contributed by atoms with Crippen LogP contribution in [-0.4, -0.2) is 42.3 Å². The van der Waals surface area contributed by atoms with E-state index in [-0.39, 0.29) is 19.3 Å². The van der Waals surface area contributed by atoms with Crippen molar-refractivity contribution in [2.45, 2.75) is 17.4 Å². The van der Waals surface area contributed by atoms with E-state index in [0.29, 0.717) is 0 Å². The number of aliphatic hydroxyl groups excluding tert-OH is 2. The van der Waals surface area contributed by atoms with Crippen LogP contribution in [0.2, 0.25) is 0 Å². The highest BCUT2D eigenvalue weighted by atomic mass is 32.2. The van der Waals surface area contributed by atoms with Gasteiger partial charge in [-0.05, 0) is 36.9 Å². The molecule has 1 aromatic carbocycles. The maximum absolute atomic E-state index is 8.87. The molecule has 0 amide bonds. The van der Waals surface area contributed by atoms with Gasteiger partial charge in [-0.25, -0.2) is 0 Å². The molecule has 0 bridgehead atoms. The average molecular weight is 241 g/mol. The van der Waals surface area contributed by atoms with Gasteiger partial charge >= 0.3 is 0 Å². The first kappa shape index (κ1) is 13.5. The number of rotatable bonds is 7. The highest BCUT2D eigenvalue weighted by molar-refractivity contribution is 7.98. The van der Waals surface area contributed by atoms with Crippen LogP contribution in [0.5, 0.6) is 0 Å². The zero-order valence-electron chi connectivity index (χ0n) is 9.52. The minimum atomic E-state index is -0.203. The lowest BCUT2D eigenvalue weighted by atomic mass is 10.1. The quantitative estimate of drug-likeness (QED) is 0.621. The second kappa shape index (κ2) is 7.68. The van der Waals surface area contributed by atoms with E-state index >= 15 is 0 Å². The van der Waals surface area contributed by atoms with Crippen LogP contribution in [0.4, 0.5) is 0 Å². The third kappa shape index (κ3) is 4.53. The molecule has 0 aliphatic carbocycles. The molecule has 0 aliphatic rings. The minimum Gasteiger partial charge on any atom is -0.395 e. The van der Waals surface area contributed by atoms with Gasteiger partial charge in [0.2, 0.25) is 0 Å². The largest absolute Gasteiger partial charge is 0.395 e. The standard InChI is InChI=1S/C12H19NO2S/c1-16-12-4-2-10(3-5-12)6-7-13-11(8-14)9-15/h2-5,11,13-15H,6-9H2,1H3. The normalized spacial score (nSPS) is 11.0. The Morgan fingerprint density at radius 3 is 2.31 bits per heavy atom. The lowest BCUT2D eigenvalue weighted by Gasteiger charge is -2.12. The predicted octanol–water partition coefficient (Wildman–Crippen LogP) is 0.894. The molecule has 1 rings (SSSR count). The van der Waals surface area contributed by atoms with Gasteiger partial charge in [-0.1, -0.05) is 12.1 Å². The number of benzene rings is 1. The van der Waals surface area contributed by atoms with E-state index in [9.17, 15) is 0 Å². The third-order valence-corrected chi connectivity index (χ3v) is 3.19. The van der Waals surface area contributed by atoms with E-state index in [0.717, 1.165) is 13.0 Å². The molecule has 0 unspecified atom stereocenters. The SMILES string of the molecule is CSc1ccc(CCNC(CO)CO)cc1. The summed E-state index contributed by atoms with van der Waals surface area (Å²) in [5.41, 5.74) is 1.26. The molecule has 0 saturated heterocycles. The zero-order chi connectivity index (χ0) is 11.8. The van der Waals surface area contributed by atoms with E-state index in [2.05, 4.69) is 35.8 Å². The Balaban J connectivity index is 2.31. The van der Waals surface area contributed by atoms with E-state index in [4.69, 9.17) is 10.2 Å². The second-order valence-electron chi connectivity index (χ2n) is 3.61. The Kier molecular flexibility index (Phi) is 6.49. The highest BCUT2D eigenvalue weighted by Crippen LogP contribution is 2.14. The molecule has 4 heteroatoms. The number of nitrogens with one attached hydrogen (secondary N) is 1. The fourth-order valence-electron chi connectivity index (χ4n) is 1.40. The molecular formula is C12H19NO2S. The maximum Gasteiger partial charge on any atom is 0.0607 e. The van der Waals surface area contributed by atoms with Gasteiger partial charge < -0.3 is 15.5 Å². The lowest BCUT2D eigenvalue weighted by Crippen LogP contribution is -2.36. The molecule has 0 aromatic heterocycles. The minimum absolute atomic E-state index is 0.0259. The molecule has 0 saturated carbocycles. The summed E-state index contributed by atoms with van der Waals surface area (Å²) in [6.45, 7) is 0.716. The molecular weight excluding hydrogens is 222 g/mol. The molecule has 16 heavy (non-hydrogen) atoms. The molecule has 0 spiro atoms. The Hall–Kier alpha value is -0.550. The summed E-state index contributed by atoms with van der Waals surface area (Å²) in [4.78, 5) is 1.26. The average Bonchev–Trinajstić information content (AvgIpc) is 2.35. The molecule has 3 nitrogen and oxygen atoms in total. The smallest absolute Gasteiger partial charge is 0.0607 e. The summed E-state index contributed by atoms with van der Waals surface area (Å²) in [6.07, 6.45) is 2.97. The van der Waals surface area contributed by atoms with Gasteiger partial charge in [-0.2, -0.15) is 0 Å². The molecule has 90 valence electrons. The first-order chi connectivity index (χ1) is 7.80. The van der Waals surface area contributed by atoms with E-state index < -0.39 is 0 Å². The number of aliphatic hydroxyl groups is 2. The number of hydrogen-bond donors (Lipinski definition) is 3. The van der Waals surface area contributed by atoms with Crippen molar-refractivity contribution in [3.8, 4) is 0 Å². The maximum atomic E-state index is 8.87. The fraction of sp³-hybridized carbons (Fsp3) is 0.500. The summed E-state index contributed by atoms with van der Waals surface area (Å²) in [5.74, 6) is 0. The van der Waals surface area contributed by atoms with Gasteiger partial charge in [-0.3, -0.25) is 0 Å². The van der Waals surface area contributed by atoms with Gasteiger partial charge in [0.25, 0.3) is 0 Å². The highest BCUT2D eigenvalue weighted by Gasteiger charge is 2.03. The summed E-state index contributed by atoms with van der Waals surface area (Å²) in [7, 11) is 0. The van der Waals surface area contributed by atoms with Crippen LogP contribution in [0, 0.1) is 0 Å². The van der Waals surface area contributed by atoms with Crippen molar-refractivity contribution < 1.29 is 10.2 Å². The van der Waals surface area contributed by atoms with Crippen molar-refractivity contribution in [1.82, 2.24) is 5.32 Å². The Morgan fingerprint density at radius 2 is 1.81 bits per heavy atom. The van der Waals surface area contributed by atoms with Crippen LogP contribution >= 0.6 is 11.8 Å². The molecule has 1 aromatic rings. The Labute approximate surface area is 101 Å². The third-order valence-electron chi connectivity index (χ3n) is 2.45. The van der Waals surface area contributed by atoms with Crippen molar-refractivity contribution >= 4 is 11.8 Å². The van der Waals surface area contributed by atoms with Crippen molar-refractivity contribution in [3.05, 3.63) is 29.8 Å². The van der Waals surface area contributed by atoms with Crippen molar-refractivity contribution in [1.29, 1.82) is 0 Å².